The topological polar surface area (TPSA) is 44.7 Å². The van der Waals surface area contributed by atoms with E-state index in [1.54, 1.807) is 7.11 Å². The summed E-state index contributed by atoms with van der Waals surface area (Å²) in [7, 11) is 1.70. The van der Waals surface area contributed by atoms with E-state index in [9.17, 15) is 5.11 Å². The van der Waals surface area contributed by atoms with Crippen LogP contribution >= 0.6 is 11.6 Å². The lowest BCUT2D eigenvalue weighted by Crippen LogP contribution is -2.42. The Labute approximate surface area is 132 Å². The van der Waals surface area contributed by atoms with Gasteiger partial charge in [0.25, 0.3) is 0 Å². The average molecular weight is 313 g/mol. The lowest BCUT2D eigenvalue weighted by atomic mass is 10.00. The van der Waals surface area contributed by atoms with Gasteiger partial charge in [-0.3, -0.25) is 0 Å². The molecular weight excluding hydrogens is 288 g/mol. The maximum Gasteiger partial charge on any atom is 0.0635 e. The van der Waals surface area contributed by atoms with Crippen molar-refractivity contribution in [1.82, 2.24) is 5.32 Å². The fourth-order valence-corrected chi connectivity index (χ4v) is 3.08. The lowest BCUT2D eigenvalue weighted by molar-refractivity contribution is 0.199. The molecule has 4 nitrogen and oxygen atoms in total. The van der Waals surface area contributed by atoms with E-state index in [-0.39, 0.29) is 12.6 Å². The van der Waals surface area contributed by atoms with Crippen molar-refractivity contribution in [2.45, 2.75) is 31.8 Å². The number of nitrogens with one attached hydrogen (secondary N) is 1. The van der Waals surface area contributed by atoms with Gasteiger partial charge in [-0.15, -0.1) is 0 Å². The van der Waals surface area contributed by atoms with E-state index in [0.29, 0.717) is 6.61 Å². The van der Waals surface area contributed by atoms with E-state index in [1.165, 1.54) is 24.1 Å². The molecule has 0 radical (unpaired) electrons. The summed E-state index contributed by atoms with van der Waals surface area (Å²) in [5.41, 5.74) is 2.36. The van der Waals surface area contributed by atoms with Gasteiger partial charge in [-0.05, 0) is 43.0 Å². The smallest absolute Gasteiger partial charge is 0.0635 e. The second-order valence-corrected chi connectivity index (χ2v) is 5.90. The minimum Gasteiger partial charge on any atom is -0.394 e. The molecule has 5 heteroatoms. The summed E-state index contributed by atoms with van der Waals surface area (Å²) in [6.45, 7) is 3.47. The molecule has 1 unspecified atom stereocenters. The van der Waals surface area contributed by atoms with E-state index in [2.05, 4.69) is 16.3 Å². The van der Waals surface area contributed by atoms with Crippen LogP contribution in [0, 0.1) is 0 Å². The molecule has 1 atom stereocenters. The molecule has 0 bridgehead atoms. The number of anilines is 1. The van der Waals surface area contributed by atoms with Gasteiger partial charge in [0.2, 0.25) is 0 Å². The van der Waals surface area contributed by atoms with Crippen molar-refractivity contribution < 1.29 is 9.84 Å². The summed E-state index contributed by atoms with van der Waals surface area (Å²) >= 11 is 6.15. The molecule has 0 saturated carbocycles. The highest BCUT2D eigenvalue weighted by Crippen LogP contribution is 2.30. The quantitative estimate of drug-likeness (QED) is 0.759. The van der Waals surface area contributed by atoms with Crippen LogP contribution in [0.3, 0.4) is 0 Å². The number of aliphatic hydroxyl groups excluding tert-OH is 1. The van der Waals surface area contributed by atoms with Gasteiger partial charge in [0.1, 0.15) is 0 Å². The third-order valence-electron chi connectivity index (χ3n) is 3.99. The summed E-state index contributed by atoms with van der Waals surface area (Å²) in [6, 6.07) is 6.24. The van der Waals surface area contributed by atoms with Gasteiger partial charge < -0.3 is 20.1 Å². The van der Waals surface area contributed by atoms with Crippen LogP contribution in [0.4, 0.5) is 5.69 Å². The van der Waals surface area contributed by atoms with Gasteiger partial charge in [0.15, 0.2) is 0 Å². The molecule has 21 heavy (non-hydrogen) atoms. The standard InChI is InChI=1S/C16H25ClN2O2/c1-21-9-7-18-11-13-10-14(17)5-6-16(13)19-8-3-2-4-15(19)12-20/h5-6,10,15,18,20H,2-4,7-9,11-12H2,1H3. The van der Waals surface area contributed by atoms with Crippen molar-refractivity contribution >= 4 is 17.3 Å². The number of hydrogen-bond acceptors (Lipinski definition) is 4. The van der Waals surface area contributed by atoms with E-state index in [4.69, 9.17) is 16.3 Å². The number of rotatable bonds is 7. The Morgan fingerprint density at radius 3 is 3.05 bits per heavy atom. The molecular formula is C16H25ClN2O2. The van der Waals surface area contributed by atoms with Gasteiger partial charge in [-0.2, -0.15) is 0 Å². The molecule has 1 saturated heterocycles. The summed E-state index contributed by atoms with van der Waals surface area (Å²) in [5, 5.41) is 13.7. The number of benzene rings is 1. The zero-order chi connectivity index (χ0) is 15.1. The van der Waals surface area contributed by atoms with Crippen molar-refractivity contribution in [3.8, 4) is 0 Å². The Morgan fingerprint density at radius 1 is 1.43 bits per heavy atom. The van der Waals surface area contributed by atoms with Crippen LogP contribution < -0.4 is 10.2 Å². The molecule has 0 amide bonds. The van der Waals surface area contributed by atoms with Crippen molar-refractivity contribution in [3.63, 3.8) is 0 Å². The Bertz CT molecular complexity index is 442. The van der Waals surface area contributed by atoms with Gasteiger partial charge in [0.05, 0.1) is 19.3 Å². The first-order valence-corrected chi connectivity index (χ1v) is 7.99. The van der Waals surface area contributed by atoms with Crippen LogP contribution in [0.5, 0.6) is 0 Å². The molecule has 0 spiro atoms. The molecule has 0 aromatic heterocycles. The normalized spacial score (nSPS) is 19.0. The number of ether oxygens (including phenoxy) is 1. The monoisotopic (exact) mass is 312 g/mol. The predicted molar refractivity (Wildman–Crippen MR) is 87.1 cm³/mol. The molecule has 2 N–H and O–H groups in total. The highest BCUT2D eigenvalue weighted by molar-refractivity contribution is 6.30. The number of piperidine rings is 1. The zero-order valence-corrected chi connectivity index (χ0v) is 13.4. The Morgan fingerprint density at radius 2 is 2.29 bits per heavy atom. The zero-order valence-electron chi connectivity index (χ0n) is 12.6. The third-order valence-corrected chi connectivity index (χ3v) is 4.22. The first-order chi connectivity index (χ1) is 10.3. The molecule has 0 aliphatic carbocycles. The summed E-state index contributed by atoms with van der Waals surface area (Å²) in [4.78, 5) is 2.33. The number of halogens is 1. The van der Waals surface area contributed by atoms with Gasteiger partial charge >= 0.3 is 0 Å². The summed E-state index contributed by atoms with van der Waals surface area (Å²) in [6.07, 6.45) is 3.42. The van der Waals surface area contributed by atoms with Gasteiger partial charge in [0, 0.05) is 37.5 Å². The fraction of sp³-hybridized carbons (Fsp3) is 0.625. The van der Waals surface area contributed by atoms with Gasteiger partial charge in [-0.1, -0.05) is 11.6 Å². The van der Waals surface area contributed by atoms with Crippen molar-refractivity contribution in [2.75, 3.05) is 38.3 Å². The van der Waals surface area contributed by atoms with Crippen LogP contribution in [0.15, 0.2) is 18.2 Å². The number of hydrogen-bond donors (Lipinski definition) is 2. The Hall–Kier alpha value is -0.810. The minimum absolute atomic E-state index is 0.208. The largest absolute Gasteiger partial charge is 0.394 e. The van der Waals surface area contributed by atoms with Crippen LogP contribution in [-0.2, 0) is 11.3 Å². The first-order valence-electron chi connectivity index (χ1n) is 7.62. The summed E-state index contributed by atoms with van der Waals surface area (Å²) < 4.78 is 5.05. The average Bonchev–Trinajstić information content (AvgIpc) is 2.52. The molecule has 1 fully saturated rings. The van der Waals surface area contributed by atoms with Crippen molar-refractivity contribution in [3.05, 3.63) is 28.8 Å². The Kier molecular flexibility index (Phi) is 6.77. The van der Waals surface area contributed by atoms with E-state index in [0.717, 1.165) is 31.1 Å². The molecule has 118 valence electrons. The lowest BCUT2D eigenvalue weighted by Gasteiger charge is -2.37. The van der Waals surface area contributed by atoms with Crippen LogP contribution in [0.25, 0.3) is 0 Å². The second-order valence-electron chi connectivity index (χ2n) is 5.47. The second kappa shape index (κ2) is 8.59. The van der Waals surface area contributed by atoms with Crippen LogP contribution in [0.2, 0.25) is 5.02 Å². The predicted octanol–water partition coefficient (Wildman–Crippen LogP) is 2.43. The number of aliphatic hydroxyl groups is 1. The first kappa shape index (κ1) is 16.6. The Balaban J connectivity index is 2.13. The van der Waals surface area contributed by atoms with E-state index in [1.807, 2.05) is 12.1 Å². The number of methoxy groups -OCH3 is 1. The molecule has 1 aromatic rings. The highest BCUT2D eigenvalue weighted by Gasteiger charge is 2.23. The molecule has 1 aliphatic rings. The summed E-state index contributed by atoms with van der Waals surface area (Å²) in [5.74, 6) is 0. The molecule has 2 rings (SSSR count). The SMILES string of the molecule is COCCNCc1cc(Cl)ccc1N1CCCCC1CO. The van der Waals surface area contributed by atoms with E-state index >= 15 is 0 Å². The molecule has 1 aromatic carbocycles. The number of nitrogens with zero attached hydrogens (tertiary/aromatic N) is 1. The van der Waals surface area contributed by atoms with Crippen molar-refractivity contribution in [1.29, 1.82) is 0 Å². The maximum atomic E-state index is 9.61. The van der Waals surface area contributed by atoms with Gasteiger partial charge in [-0.25, -0.2) is 0 Å². The minimum atomic E-state index is 0.208. The van der Waals surface area contributed by atoms with Crippen LogP contribution in [0.1, 0.15) is 24.8 Å². The van der Waals surface area contributed by atoms with Crippen molar-refractivity contribution in [2.24, 2.45) is 0 Å². The molecule has 1 heterocycles. The fourth-order valence-electron chi connectivity index (χ4n) is 2.88. The van der Waals surface area contributed by atoms with Crippen LogP contribution in [-0.4, -0.2) is 44.6 Å². The molecule has 1 aliphatic heterocycles. The van der Waals surface area contributed by atoms with E-state index < -0.39 is 0 Å². The maximum absolute atomic E-state index is 9.61. The highest BCUT2D eigenvalue weighted by atomic mass is 35.5. The third kappa shape index (κ3) is 4.58.